The first kappa shape index (κ1) is 17.2. The molecule has 6 heteroatoms. The first-order valence-electron chi connectivity index (χ1n) is 7.98. The van der Waals surface area contributed by atoms with Crippen molar-refractivity contribution in [2.24, 2.45) is 0 Å². The Bertz CT molecular complexity index is 829. The zero-order chi connectivity index (χ0) is 17.8. The lowest BCUT2D eigenvalue weighted by molar-refractivity contribution is 0.0742. The van der Waals surface area contributed by atoms with Crippen LogP contribution in [0.2, 0.25) is 5.02 Å². The van der Waals surface area contributed by atoms with Gasteiger partial charge < -0.3 is 4.90 Å². The number of hydrogen-bond donors (Lipinski definition) is 0. The topological polar surface area (TPSA) is 51.0 Å². The second-order valence-electron chi connectivity index (χ2n) is 5.93. The Morgan fingerprint density at radius 1 is 1.16 bits per heavy atom. The van der Waals surface area contributed by atoms with Gasteiger partial charge in [0.15, 0.2) is 0 Å². The van der Waals surface area contributed by atoms with E-state index in [4.69, 9.17) is 11.6 Å². The normalized spacial score (nSPS) is 12.0. The molecule has 1 aromatic heterocycles. The number of carbonyl (C=O) groups is 1. The molecule has 0 N–H and O–H groups in total. The van der Waals surface area contributed by atoms with Gasteiger partial charge in [-0.25, -0.2) is 9.67 Å². The summed E-state index contributed by atoms with van der Waals surface area (Å²) in [5.74, 6) is -0.0187. The zero-order valence-corrected chi connectivity index (χ0v) is 14.9. The number of carbonyl (C=O) groups excluding carboxylic acids is 1. The van der Waals surface area contributed by atoms with Crippen molar-refractivity contribution in [3.05, 3.63) is 82.9 Å². The number of halogens is 1. The molecule has 0 bridgehead atoms. The van der Waals surface area contributed by atoms with Crippen LogP contribution in [0.3, 0.4) is 0 Å². The van der Waals surface area contributed by atoms with Gasteiger partial charge in [0.05, 0.1) is 12.6 Å². The molecule has 0 saturated carbocycles. The monoisotopic (exact) mass is 354 g/mol. The summed E-state index contributed by atoms with van der Waals surface area (Å²) >= 11 is 5.93. The van der Waals surface area contributed by atoms with Crippen LogP contribution in [0, 0.1) is 0 Å². The second kappa shape index (κ2) is 7.49. The largest absolute Gasteiger partial charge is 0.335 e. The molecule has 3 rings (SSSR count). The van der Waals surface area contributed by atoms with Crippen molar-refractivity contribution >= 4 is 17.5 Å². The van der Waals surface area contributed by atoms with Gasteiger partial charge in [0.25, 0.3) is 5.91 Å². The van der Waals surface area contributed by atoms with Crippen LogP contribution in [0.25, 0.3) is 0 Å². The quantitative estimate of drug-likeness (QED) is 0.700. The smallest absolute Gasteiger partial charge is 0.254 e. The van der Waals surface area contributed by atoms with Crippen LogP contribution < -0.4 is 0 Å². The van der Waals surface area contributed by atoms with E-state index in [1.54, 1.807) is 15.9 Å². The van der Waals surface area contributed by atoms with E-state index in [1.165, 1.54) is 6.33 Å². The minimum Gasteiger partial charge on any atom is -0.335 e. The number of amides is 1. The molecule has 1 atom stereocenters. The van der Waals surface area contributed by atoms with Crippen molar-refractivity contribution in [2.45, 2.75) is 19.5 Å². The molecule has 25 heavy (non-hydrogen) atoms. The maximum atomic E-state index is 12.7. The fourth-order valence-electron chi connectivity index (χ4n) is 2.60. The summed E-state index contributed by atoms with van der Waals surface area (Å²) in [5.41, 5.74) is 2.77. The molecule has 1 unspecified atom stereocenters. The summed E-state index contributed by atoms with van der Waals surface area (Å²) in [6.07, 6.45) is 3.17. The lowest BCUT2D eigenvalue weighted by atomic mass is 10.1. The Kier molecular flexibility index (Phi) is 5.14. The minimum absolute atomic E-state index is 0.0187. The van der Waals surface area contributed by atoms with Crippen molar-refractivity contribution in [1.29, 1.82) is 0 Å². The summed E-state index contributed by atoms with van der Waals surface area (Å²) < 4.78 is 1.74. The molecule has 0 radical (unpaired) electrons. The molecule has 3 aromatic rings. The van der Waals surface area contributed by atoms with Gasteiger partial charge in [-0.2, -0.15) is 5.10 Å². The highest BCUT2D eigenvalue weighted by Crippen LogP contribution is 2.22. The van der Waals surface area contributed by atoms with Gasteiger partial charge in [-0.3, -0.25) is 4.79 Å². The van der Waals surface area contributed by atoms with Crippen LogP contribution >= 0.6 is 11.6 Å². The summed E-state index contributed by atoms with van der Waals surface area (Å²) in [5, 5.41) is 4.77. The average molecular weight is 355 g/mol. The molecular weight excluding hydrogens is 336 g/mol. The molecule has 2 aromatic carbocycles. The third kappa shape index (κ3) is 4.06. The van der Waals surface area contributed by atoms with E-state index >= 15 is 0 Å². The Morgan fingerprint density at radius 2 is 1.84 bits per heavy atom. The van der Waals surface area contributed by atoms with Crippen molar-refractivity contribution in [1.82, 2.24) is 19.7 Å². The van der Waals surface area contributed by atoms with Crippen LogP contribution in [0.5, 0.6) is 0 Å². The van der Waals surface area contributed by atoms with E-state index in [9.17, 15) is 4.79 Å². The molecule has 1 heterocycles. The molecule has 0 aliphatic carbocycles. The fourth-order valence-corrected chi connectivity index (χ4v) is 2.72. The lowest BCUT2D eigenvalue weighted by Gasteiger charge is -2.25. The molecular formula is C19H19ClN4O. The standard InChI is InChI=1S/C19H19ClN4O/c1-14(16-7-9-18(20)10-8-16)23(2)19(25)17-5-3-15(4-6-17)11-24-13-21-12-22-24/h3-10,12-14H,11H2,1-2H3. The summed E-state index contributed by atoms with van der Waals surface area (Å²) in [4.78, 5) is 18.4. The van der Waals surface area contributed by atoms with Crippen LogP contribution in [0.15, 0.2) is 61.2 Å². The average Bonchev–Trinajstić information content (AvgIpc) is 3.14. The number of nitrogens with zero attached hydrogens (tertiary/aromatic N) is 4. The Hall–Kier alpha value is -2.66. The first-order valence-corrected chi connectivity index (χ1v) is 8.36. The molecule has 0 fully saturated rings. The van der Waals surface area contributed by atoms with E-state index in [2.05, 4.69) is 10.1 Å². The number of rotatable bonds is 5. The molecule has 0 aliphatic heterocycles. The molecule has 0 aliphatic rings. The Labute approximate surface area is 151 Å². The third-order valence-corrected chi connectivity index (χ3v) is 4.52. The van der Waals surface area contributed by atoms with Gasteiger partial charge in [-0.05, 0) is 42.3 Å². The van der Waals surface area contributed by atoms with Crippen LogP contribution in [-0.2, 0) is 6.54 Å². The van der Waals surface area contributed by atoms with Crippen LogP contribution in [-0.4, -0.2) is 32.6 Å². The van der Waals surface area contributed by atoms with E-state index in [1.807, 2.05) is 62.5 Å². The van der Waals surface area contributed by atoms with Crippen molar-refractivity contribution in [2.75, 3.05) is 7.05 Å². The van der Waals surface area contributed by atoms with Crippen molar-refractivity contribution < 1.29 is 4.79 Å². The van der Waals surface area contributed by atoms with Gasteiger partial charge in [-0.1, -0.05) is 35.9 Å². The Morgan fingerprint density at radius 3 is 2.44 bits per heavy atom. The maximum absolute atomic E-state index is 12.7. The SMILES string of the molecule is CC(c1ccc(Cl)cc1)N(C)C(=O)c1ccc(Cn2cncn2)cc1. The predicted molar refractivity (Wildman–Crippen MR) is 97.5 cm³/mol. The van der Waals surface area contributed by atoms with Crippen molar-refractivity contribution in [3.63, 3.8) is 0 Å². The fraction of sp³-hybridized carbons (Fsp3) is 0.211. The van der Waals surface area contributed by atoms with Gasteiger partial charge in [0.2, 0.25) is 0 Å². The number of aromatic nitrogens is 3. The number of benzene rings is 2. The van der Waals surface area contributed by atoms with Gasteiger partial charge in [0, 0.05) is 17.6 Å². The van der Waals surface area contributed by atoms with Crippen molar-refractivity contribution in [3.8, 4) is 0 Å². The van der Waals surface area contributed by atoms with Gasteiger partial charge in [-0.15, -0.1) is 0 Å². The maximum Gasteiger partial charge on any atom is 0.254 e. The van der Waals surface area contributed by atoms with Gasteiger partial charge in [0.1, 0.15) is 12.7 Å². The molecule has 0 saturated heterocycles. The molecule has 1 amide bonds. The van der Waals surface area contributed by atoms with E-state index in [0.717, 1.165) is 11.1 Å². The summed E-state index contributed by atoms with van der Waals surface area (Å²) in [6, 6.07) is 15.1. The first-order chi connectivity index (χ1) is 12.0. The highest BCUT2D eigenvalue weighted by atomic mass is 35.5. The second-order valence-corrected chi connectivity index (χ2v) is 6.37. The molecule has 128 valence electrons. The van der Waals surface area contributed by atoms with Gasteiger partial charge >= 0.3 is 0 Å². The summed E-state index contributed by atoms with van der Waals surface area (Å²) in [6.45, 7) is 2.63. The third-order valence-electron chi connectivity index (χ3n) is 4.27. The lowest BCUT2D eigenvalue weighted by Crippen LogP contribution is -2.29. The Balaban J connectivity index is 1.70. The molecule has 0 spiro atoms. The van der Waals surface area contributed by atoms with Crippen LogP contribution in [0.4, 0.5) is 0 Å². The highest BCUT2D eigenvalue weighted by Gasteiger charge is 2.18. The van der Waals surface area contributed by atoms with E-state index in [0.29, 0.717) is 17.1 Å². The van der Waals surface area contributed by atoms with Crippen LogP contribution in [0.1, 0.15) is 34.5 Å². The predicted octanol–water partition coefficient (Wildman–Crippen LogP) is 3.81. The number of hydrogen-bond acceptors (Lipinski definition) is 3. The zero-order valence-electron chi connectivity index (χ0n) is 14.1. The molecule has 5 nitrogen and oxygen atoms in total. The highest BCUT2D eigenvalue weighted by molar-refractivity contribution is 6.30. The van der Waals surface area contributed by atoms with E-state index in [-0.39, 0.29) is 11.9 Å². The summed E-state index contributed by atoms with van der Waals surface area (Å²) in [7, 11) is 1.81. The minimum atomic E-state index is -0.0420. The van der Waals surface area contributed by atoms with E-state index < -0.39 is 0 Å².